The number of benzene rings is 1. The Balaban J connectivity index is 2.05. The summed E-state index contributed by atoms with van der Waals surface area (Å²) in [5, 5.41) is 0. The number of pyridine rings is 1. The first-order chi connectivity index (χ1) is 9.25. The summed E-state index contributed by atoms with van der Waals surface area (Å²) < 4.78 is 2.24. The Kier molecular flexibility index (Phi) is 3.37. The van der Waals surface area contributed by atoms with Crippen LogP contribution in [0.25, 0.3) is 11.3 Å². The molecule has 0 spiro atoms. The summed E-state index contributed by atoms with van der Waals surface area (Å²) in [6.07, 6.45) is 7.73. The minimum absolute atomic E-state index is 0.781. The van der Waals surface area contributed by atoms with Gasteiger partial charge in [-0.05, 0) is 42.9 Å². The molecule has 1 fully saturated rings. The highest BCUT2D eigenvalue weighted by Gasteiger charge is 2.20. The van der Waals surface area contributed by atoms with Crippen molar-refractivity contribution in [1.29, 1.82) is 0 Å². The van der Waals surface area contributed by atoms with Crippen molar-refractivity contribution >= 4 is 0 Å². The van der Waals surface area contributed by atoms with Gasteiger partial charge in [0.25, 0.3) is 0 Å². The third kappa shape index (κ3) is 2.42. The first-order valence-corrected chi connectivity index (χ1v) is 7.31. The molecule has 1 aliphatic rings. The van der Waals surface area contributed by atoms with Gasteiger partial charge in [-0.2, -0.15) is 0 Å². The van der Waals surface area contributed by atoms with Gasteiger partial charge < -0.3 is 0 Å². The number of rotatable bonds is 2. The molecule has 2 aromatic rings. The van der Waals surface area contributed by atoms with Crippen molar-refractivity contribution in [3.05, 3.63) is 53.7 Å². The molecule has 0 amide bonds. The maximum atomic E-state index is 2.40. The van der Waals surface area contributed by atoms with E-state index in [4.69, 9.17) is 0 Å². The number of nitrogens with zero attached hydrogens (tertiary/aromatic N) is 1. The van der Waals surface area contributed by atoms with Crippen LogP contribution in [-0.4, -0.2) is 0 Å². The van der Waals surface area contributed by atoms with Crippen LogP contribution in [0.2, 0.25) is 0 Å². The van der Waals surface area contributed by atoms with Gasteiger partial charge in [-0.1, -0.05) is 31.0 Å². The average molecular weight is 252 g/mol. The van der Waals surface area contributed by atoms with Crippen molar-refractivity contribution in [3.63, 3.8) is 0 Å². The van der Waals surface area contributed by atoms with E-state index in [2.05, 4.69) is 61.1 Å². The summed E-state index contributed by atoms with van der Waals surface area (Å²) >= 11 is 0. The van der Waals surface area contributed by atoms with Crippen LogP contribution < -0.4 is 4.57 Å². The van der Waals surface area contributed by atoms with Crippen LogP contribution in [0.3, 0.4) is 0 Å². The summed E-state index contributed by atoms with van der Waals surface area (Å²) in [4.78, 5) is 0. The monoisotopic (exact) mass is 252 g/mol. The van der Waals surface area contributed by atoms with Crippen LogP contribution in [0, 0.1) is 6.92 Å². The molecule has 0 bridgehead atoms. The molecule has 1 saturated carbocycles. The minimum atomic E-state index is 0.781. The molecular weight excluding hydrogens is 230 g/mol. The fourth-order valence-electron chi connectivity index (χ4n) is 3.23. The van der Waals surface area contributed by atoms with Crippen molar-refractivity contribution in [3.8, 4) is 11.3 Å². The minimum Gasteiger partial charge on any atom is -0.201 e. The standard InChI is InChI=1S/C18H22N/c1-14-7-3-6-10-17(14)18-13-16(11-12-19(18)2)15-8-4-5-9-15/h3,6-7,10-13,15H,4-5,8-9H2,1-2H3/q+1. The van der Waals surface area contributed by atoms with E-state index >= 15 is 0 Å². The predicted octanol–water partition coefficient (Wildman–Crippen LogP) is 4.14. The van der Waals surface area contributed by atoms with Gasteiger partial charge in [-0.3, -0.25) is 0 Å². The Morgan fingerprint density at radius 3 is 2.53 bits per heavy atom. The molecule has 0 N–H and O–H groups in total. The molecule has 0 aliphatic heterocycles. The van der Waals surface area contributed by atoms with E-state index in [9.17, 15) is 0 Å². The van der Waals surface area contributed by atoms with Gasteiger partial charge in [-0.25, -0.2) is 4.57 Å². The molecule has 1 aromatic carbocycles. The zero-order valence-corrected chi connectivity index (χ0v) is 11.9. The lowest BCUT2D eigenvalue weighted by molar-refractivity contribution is -0.660. The number of hydrogen-bond donors (Lipinski definition) is 0. The molecule has 0 unspecified atom stereocenters. The Hall–Kier alpha value is -1.63. The fourth-order valence-corrected chi connectivity index (χ4v) is 3.23. The summed E-state index contributed by atoms with van der Waals surface area (Å²) in [7, 11) is 2.14. The smallest absolute Gasteiger partial charge is 0.201 e. The second kappa shape index (κ2) is 5.16. The van der Waals surface area contributed by atoms with Gasteiger partial charge in [0.05, 0.1) is 0 Å². The van der Waals surface area contributed by atoms with Crippen molar-refractivity contribution in [2.24, 2.45) is 7.05 Å². The number of aromatic nitrogens is 1. The Bertz CT molecular complexity index is 580. The van der Waals surface area contributed by atoms with E-state index < -0.39 is 0 Å². The van der Waals surface area contributed by atoms with Crippen molar-refractivity contribution in [2.75, 3.05) is 0 Å². The molecular formula is C18H22N+. The van der Waals surface area contributed by atoms with E-state index in [-0.39, 0.29) is 0 Å². The molecule has 1 aromatic heterocycles. The zero-order valence-electron chi connectivity index (χ0n) is 11.9. The normalized spacial score (nSPS) is 15.9. The van der Waals surface area contributed by atoms with Crippen molar-refractivity contribution in [2.45, 2.75) is 38.5 Å². The summed E-state index contributed by atoms with van der Waals surface area (Å²) in [5.74, 6) is 0.781. The lowest BCUT2D eigenvalue weighted by atomic mass is 9.95. The van der Waals surface area contributed by atoms with Gasteiger partial charge in [0.1, 0.15) is 7.05 Å². The predicted molar refractivity (Wildman–Crippen MR) is 79.0 cm³/mol. The van der Waals surface area contributed by atoms with Crippen molar-refractivity contribution < 1.29 is 4.57 Å². The molecule has 1 heterocycles. The molecule has 0 saturated heterocycles. The molecule has 19 heavy (non-hydrogen) atoms. The molecule has 1 heteroatoms. The molecule has 98 valence electrons. The Morgan fingerprint density at radius 1 is 1.05 bits per heavy atom. The Labute approximate surface area is 115 Å². The molecule has 3 rings (SSSR count). The topological polar surface area (TPSA) is 3.88 Å². The van der Waals surface area contributed by atoms with Gasteiger partial charge in [0.15, 0.2) is 6.20 Å². The highest BCUT2D eigenvalue weighted by Crippen LogP contribution is 2.35. The number of aryl methyl sites for hydroxylation is 2. The Morgan fingerprint density at radius 2 is 1.79 bits per heavy atom. The van der Waals surface area contributed by atoms with Gasteiger partial charge in [0.2, 0.25) is 5.69 Å². The van der Waals surface area contributed by atoms with Gasteiger partial charge in [-0.15, -0.1) is 0 Å². The second-order valence-corrected chi connectivity index (χ2v) is 5.75. The van der Waals surface area contributed by atoms with E-state index in [0.717, 1.165) is 5.92 Å². The lowest BCUT2D eigenvalue weighted by Gasteiger charge is -2.11. The first kappa shape index (κ1) is 12.4. The summed E-state index contributed by atoms with van der Waals surface area (Å²) in [6, 6.07) is 13.4. The van der Waals surface area contributed by atoms with Crippen LogP contribution in [0.15, 0.2) is 42.6 Å². The van der Waals surface area contributed by atoms with Crippen LogP contribution in [-0.2, 0) is 7.05 Å². The van der Waals surface area contributed by atoms with E-state index in [1.807, 2.05) is 0 Å². The quantitative estimate of drug-likeness (QED) is 0.707. The number of hydrogen-bond acceptors (Lipinski definition) is 0. The van der Waals surface area contributed by atoms with E-state index in [0.29, 0.717) is 0 Å². The van der Waals surface area contributed by atoms with Crippen LogP contribution >= 0.6 is 0 Å². The highest BCUT2D eigenvalue weighted by molar-refractivity contribution is 5.61. The fraction of sp³-hybridized carbons (Fsp3) is 0.389. The van der Waals surface area contributed by atoms with E-state index in [1.54, 1.807) is 0 Å². The highest BCUT2D eigenvalue weighted by atomic mass is 14.9. The second-order valence-electron chi connectivity index (χ2n) is 5.75. The largest absolute Gasteiger partial charge is 0.212 e. The summed E-state index contributed by atoms with van der Waals surface area (Å²) in [5.41, 5.74) is 5.56. The molecule has 1 nitrogen and oxygen atoms in total. The third-order valence-corrected chi connectivity index (χ3v) is 4.42. The molecule has 0 radical (unpaired) electrons. The average Bonchev–Trinajstić information content (AvgIpc) is 2.94. The van der Waals surface area contributed by atoms with Gasteiger partial charge in [0, 0.05) is 17.7 Å². The van der Waals surface area contributed by atoms with Crippen LogP contribution in [0.1, 0.15) is 42.7 Å². The van der Waals surface area contributed by atoms with Crippen LogP contribution in [0.4, 0.5) is 0 Å². The third-order valence-electron chi connectivity index (χ3n) is 4.42. The molecule has 1 aliphatic carbocycles. The SMILES string of the molecule is Cc1ccccc1-c1cc(C2CCCC2)cc[n+]1C. The lowest BCUT2D eigenvalue weighted by Crippen LogP contribution is -2.30. The maximum Gasteiger partial charge on any atom is 0.212 e. The molecule has 0 atom stereocenters. The van der Waals surface area contributed by atoms with Crippen molar-refractivity contribution in [1.82, 2.24) is 0 Å². The first-order valence-electron chi connectivity index (χ1n) is 7.31. The zero-order chi connectivity index (χ0) is 13.2. The van der Waals surface area contributed by atoms with E-state index in [1.165, 1.54) is 48.1 Å². The maximum absolute atomic E-state index is 2.40. The van der Waals surface area contributed by atoms with Gasteiger partial charge >= 0.3 is 0 Å². The summed E-state index contributed by atoms with van der Waals surface area (Å²) in [6.45, 7) is 2.19. The van der Waals surface area contributed by atoms with Crippen LogP contribution in [0.5, 0.6) is 0 Å².